The van der Waals surface area contributed by atoms with Crippen molar-refractivity contribution in [3.05, 3.63) is 28.2 Å². The minimum Gasteiger partial charge on any atom is -0.368 e. The third-order valence-electron chi connectivity index (χ3n) is 1.75. The van der Waals surface area contributed by atoms with E-state index in [1.54, 1.807) is 23.1 Å². The van der Waals surface area contributed by atoms with Crippen LogP contribution in [0.3, 0.4) is 0 Å². The fraction of sp³-hybridized carbons (Fsp3) is 0.250. The predicted molar refractivity (Wildman–Crippen MR) is 52.5 cm³/mol. The molecule has 0 bridgehead atoms. The SMILES string of the molecule is Cn1nc(Cc2cccs2)nc1N. The fourth-order valence-electron chi connectivity index (χ4n) is 1.10. The van der Waals surface area contributed by atoms with Crippen LogP contribution in [0.25, 0.3) is 0 Å². The lowest BCUT2D eigenvalue weighted by Gasteiger charge is -1.88. The van der Waals surface area contributed by atoms with E-state index >= 15 is 0 Å². The number of rotatable bonds is 2. The quantitative estimate of drug-likeness (QED) is 0.777. The summed E-state index contributed by atoms with van der Waals surface area (Å²) in [5, 5.41) is 6.22. The summed E-state index contributed by atoms with van der Waals surface area (Å²) in [6.45, 7) is 0. The number of thiophene rings is 1. The predicted octanol–water partition coefficient (Wildman–Crippen LogP) is 1.05. The van der Waals surface area contributed by atoms with Crippen molar-refractivity contribution in [1.29, 1.82) is 0 Å². The Morgan fingerprint density at radius 1 is 1.62 bits per heavy atom. The van der Waals surface area contributed by atoms with Gasteiger partial charge in [0.05, 0.1) is 0 Å². The molecule has 0 saturated carbocycles. The van der Waals surface area contributed by atoms with Crippen LogP contribution in [0.4, 0.5) is 5.95 Å². The number of hydrogen-bond acceptors (Lipinski definition) is 4. The van der Waals surface area contributed by atoms with Gasteiger partial charge >= 0.3 is 0 Å². The Labute approximate surface area is 80.0 Å². The summed E-state index contributed by atoms with van der Waals surface area (Å²) in [6.07, 6.45) is 0.767. The zero-order valence-electron chi connectivity index (χ0n) is 7.27. The minimum atomic E-state index is 0.464. The maximum absolute atomic E-state index is 5.56. The van der Waals surface area contributed by atoms with E-state index in [9.17, 15) is 0 Å². The summed E-state index contributed by atoms with van der Waals surface area (Å²) in [7, 11) is 1.79. The second kappa shape index (κ2) is 3.18. The van der Waals surface area contributed by atoms with Crippen LogP contribution in [0, 0.1) is 0 Å². The number of nitrogen functional groups attached to an aromatic ring is 1. The summed E-state index contributed by atoms with van der Waals surface area (Å²) in [5.74, 6) is 1.24. The van der Waals surface area contributed by atoms with Crippen molar-refractivity contribution < 1.29 is 0 Å². The van der Waals surface area contributed by atoms with Crippen LogP contribution in [0.1, 0.15) is 10.7 Å². The molecular formula is C8H10N4S. The molecule has 0 unspecified atom stereocenters. The Balaban J connectivity index is 2.19. The second-order valence-electron chi connectivity index (χ2n) is 2.77. The lowest BCUT2D eigenvalue weighted by atomic mass is 10.3. The lowest BCUT2D eigenvalue weighted by molar-refractivity contribution is 0.760. The summed E-state index contributed by atoms with van der Waals surface area (Å²) < 4.78 is 1.59. The molecule has 0 fully saturated rings. The zero-order chi connectivity index (χ0) is 9.26. The second-order valence-corrected chi connectivity index (χ2v) is 3.80. The van der Waals surface area contributed by atoms with Crippen molar-refractivity contribution >= 4 is 17.3 Å². The number of aromatic nitrogens is 3. The molecule has 0 aliphatic heterocycles. The van der Waals surface area contributed by atoms with Gasteiger partial charge in [0.1, 0.15) is 0 Å². The van der Waals surface area contributed by atoms with Crippen molar-refractivity contribution in [2.45, 2.75) is 6.42 Å². The molecule has 68 valence electrons. The van der Waals surface area contributed by atoms with Crippen molar-refractivity contribution in [3.8, 4) is 0 Å². The summed E-state index contributed by atoms with van der Waals surface area (Å²) in [5.41, 5.74) is 5.56. The molecule has 13 heavy (non-hydrogen) atoms. The van der Waals surface area contributed by atoms with E-state index in [4.69, 9.17) is 5.73 Å². The van der Waals surface area contributed by atoms with Crippen LogP contribution in [0.15, 0.2) is 17.5 Å². The summed E-state index contributed by atoms with van der Waals surface area (Å²) >= 11 is 1.70. The highest BCUT2D eigenvalue weighted by Gasteiger charge is 2.04. The largest absolute Gasteiger partial charge is 0.368 e. The van der Waals surface area contributed by atoms with Crippen LogP contribution < -0.4 is 5.73 Å². The first-order valence-electron chi connectivity index (χ1n) is 3.93. The molecule has 5 heteroatoms. The first-order valence-corrected chi connectivity index (χ1v) is 4.81. The van der Waals surface area contributed by atoms with Gasteiger partial charge in [-0.25, -0.2) is 4.68 Å². The molecule has 0 spiro atoms. The molecule has 0 aromatic carbocycles. The monoisotopic (exact) mass is 194 g/mol. The molecule has 2 aromatic heterocycles. The van der Waals surface area contributed by atoms with Gasteiger partial charge in [-0.15, -0.1) is 11.3 Å². The molecule has 0 aliphatic carbocycles. The summed E-state index contributed by atoms with van der Waals surface area (Å²) in [4.78, 5) is 5.38. The van der Waals surface area contributed by atoms with E-state index < -0.39 is 0 Å². The Morgan fingerprint density at radius 3 is 3.00 bits per heavy atom. The number of nitrogens with zero attached hydrogens (tertiary/aromatic N) is 3. The average Bonchev–Trinajstić information content (AvgIpc) is 2.64. The van der Waals surface area contributed by atoms with E-state index in [2.05, 4.69) is 16.1 Å². The van der Waals surface area contributed by atoms with Gasteiger partial charge in [0.15, 0.2) is 5.82 Å². The third-order valence-corrected chi connectivity index (χ3v) is 2.63. The van der Waals surface area contributed by atoms with Crippen molar-refractivity contribution in [3.63, 3.8) is 0 Å². The van der Waals surface area contributed by atoms with Crippen molar-refractivity contribution in [2.24, 2.45) is 7.05 Å². The van der Waals surface area contributed by atoms with E-state index in [0.29, 0.717) is 5.95 Å². The smallest absolute Gasteiger partial charge is 0.218 e. The van der Waals surface area contributed by atoms with E-state index in [1.165, 1.54) is 4.88 Å². The molecule has 0 amide bonds. The van der Waals surface area contributed by atoms with Gasteiger partial charge in [0, 0.05) is 18.3 Å². The number of anilines is 1. The molecule has 0 atom stereocenters. The Kier molecular flexibility index (Phi) is 2.02. The molecule has 0 radical (unpaired) electrons. The Bertz CT molecular complexity index is 371. The number of hydrogen-bond donors (Lipinski definition) is 1. The zero-order valence-corrected chi connectivity index (χ0v) is 8.08. The number of aryl methyl sites for hydroxylation is 1. The van der Waals surface area contributed by atoms with E-state index in [-0.39, 0.29) is 0 Å². The highest BCUT2D eigenvalue weighted by Crippen LogP contribution is 2.12. The number of nitrogens with two attached hydrogens (primary N) is 1. The van der Waals surface area contributed by atoms with E-state index in [0.717, 1.165) is 12.2 Å². The van der Waals surface area contributed by atoms with Gasteiger partial charge in [0.2, 0.25) is 5.95 Å². The molecule has 2 rings (SSSR count). The Hall–Kier alpha value is -1.36. The van der Waals surface area contributed by atoms with E-state index in [1.807, 2.05) is 11.4 Å². The lowest BCUT2D eigenvalue weighted by Crippen LogP contribution is -1.97. The van der Waals surface area contributed by atoms with Crippen LogP contribution in [-0.4, -0.2) is 14.8 Å². The minimum absolute atomic E-state index is 0.464. The fourth-order valence-corrected chi connectivity index (χ4v) is 1.80. The first kappa shape index (κ1) is 8.25. The van der Waals surface area contributed by atoms with Gasteiger partial charge in [-0.2, -0.15) is 10.1 Å². The highest BCUT2D eigenvalue weighted by atomic mass is 32.1. The normalized spacial score (nSPS) is 10.5. The van der Waals surface area contributed by atoms with Gasteiger partial charge in [0.25, 0.3) is 0 Å². The van der Waals surface area contributed by atoms with Gasteiger partial charge in [-0.3, -0.25) is 0 Å². The van der Waals surface area contributed by atoms with Crippen LogP contribution >= 0.6 is 11.3 Å². The Morgan fingerprint density at radius 2 is 2.46 bits per heavy atom. The van der Waals surface area contributed by atoms with Crippen molar-refractivity contribution in [1.82, 2.24) is 14.8 Å². The maximum atomic E-state index is 5.56. The third kappa shape index (κ3) is 1.70. The topological polar surface area (TPSA) is 56.7 Å². The highest BCUT2D eigenvalue weighted by molar-refractivity contribution is 7.09. The van der Waals surface area contributed by atoms with Gasteiger partial charge < -0.3 is 5.73 Å². The molecule has 2 heterocycles. The molecule has 0 saturated heterocycles. The molecule has 2 N–H and O–H groups in total. The first-order chi connectivity index (χ1) is 6.25. The molecule has 2 aromatic rings. The van der Waals surface area contributed by atoms with Crippen LogP contribution in [0.2, 0.25) is 0 Å². The molecule has 4 nitrogen and oxygen atoms in total. The maximum Gasteiger partial charge on any atom is 0.218 e. The van der Waals surface area contributed by atoms with Crippen LogP contribution in [-0.2, 0) is 13.5 Å². The summed E-state index contributed by atoms with van der Waals surface area (Å²) in [6, 6.07) is 4.09. The molecular weight excluding hydrogens is 184 g/mol. The average molecular weight is 194 g/mol. The molecule has 0 aliphatic rings. The van der Waals surface area contributed by atoms with Crippen LogP contribution in [0.5, 0.6) is 0 Å². The van der Waals surface area contributed by atoms with Gasteiger partial charge in [-0.05, 0) is 11.4 Å². The van der Waals surface area contributed by atoms with Crippen molar-refractivity contribution in [2.75, 3.05) is 5.73 Å². The standard InChI is InChI=1S/C8H10N4S/c1-12-8(9)10-7(11-12)5-6-3-2-4-13-6/h2-4H,5H2,1H3,(H2,9,10,11). The van der Waals surface area contributed by atoms with Gasteiger partial charge in [-0.1, -0.05) is 6.07 Å².